The second kappa shape index (κ2) is 16.7. The fourth-order valence-electron chi connectivity index (χ4n) is 2.64. The van der Waals surface area contributed by atoms with Crippen LogP contribution in [-0.4, -0.2) is 50.3 Å². The molecule has 0 saturated heterocycles. The van der Waals surface area contributed by atoms with E-state index in [0.717, 1.165) is 19.3 Å². The van der Waals surface area contributed by atoms with E-state index in [1.807, 2.05) is 21.1 Å². The quantitative estimate of drug-likeness (QED) is 0.122. The van der Waals surface area contributed by atoms with Gasteiger partial charge in [-0.2, -0.15) is 0 Å². The van der Waals surface area contributed by atoms with Crippen LogP contribution in [0.1, 0.15) is 84.0 Å². The smallest absolute Gasteiger partial charge is 0.329 e. The molecule has 0 bridgehead atoms. The Morgan fingerprint density at radius 3 is 1.81 bits per heavy atom. The molecule has 0 spiro atoms. The van der Waals surface area contributed by atoms with E-state index in [4.69, 9.17) is 9.05 Å². The Morgan fingerprint density at radius 2 is 1.26 bits per heavy atom. The molecule has 162 valence electrons. The standard InChI is InChI=1S/C21H44NO4P/c1-5-6-7-8-9-10-11-12-13-14-15-16-17-18-20-25-27(23,24)26-21-19-22(2,3)4/h9-10H,5-8,11-21H2,1-4H3/p+1/b10-9-. The highest BCUT2D eigenvalue weighted by molar-refractivity contribution is 7.47. The third-order valence-electron chi connectivity index (χ3n) is 4.43. The molecular formula is C21H45NO4P+. The molecule has 0 aromatic rings. The molecule has 27 heavy (non-hydrogen) atoms. The fraction of sp³-hybridized carbons (Fsp3) is 0.905. The maximum Gasteiger partial charge on any atom is 0.472 e. The topological polar surface area (TPSA) is 55.8 Å². The summed E-state index contributed by atoms with van der Waals surface area (Å²) in [4.78, 5) is 9.61. The summed E-state index contributed by atoms with van der Waals surface area (Å²) in [5.41, 5.74) is 0. The van der Waals surface area contributed by atoms with E-state index in [2.05, 4.69) is 19.1 Å². The van der Waals surface area contributed by atoms with Gasteiger partial charge in [-0.05, 0) is 32.1 Å². The first-order chi connectivity index (χ1) is 12.8. The fourth-order valence-corrected chi connectivity index (χ4v) is 3.39. The van der Waals surface area contributed by atoms with Crippen molar-refractivity contribution in [1.82, 2.24) is 0 Å². The molecule has 1 unspecified atom stereocenters. The van der Waals surface area contributed by atoms with E-state index >= 15 is 0 Å². The van der Waals surface area contributed by atoms with Crippen molar-refractivity contribution in [3.63, 3.8) is 0 Å². The molecule has 0 aliphatic carbocycles. The van der Waals surface area contributed by atoms with E-state index in [0.29, 0.717) is 17.6 Å². The zero-order valence-corrected chi connectivity index (χ0v) is 19.2. The summed E-state index contributed by atoms with van der Waals surface area (Å²) in [7, 11) is 2.15. The third-order valence-corrected chi connectivity index (χ3v) is 5.44. The van der Waals surface area contributed by atoms with Crippen molar-refractivity contribution < 1.29 is 23.0 Å². The van der Waals surface area contributed by atoms with Gasteiger partial charge in [0.15, 0.2) is 0 Å². The Hall–Kier alpha value is -0.190. The van der Waals surface area contributed by atoms with Crippen LogP contribution in [0.2, 0.25) is 0 Å². The van der Waals surface area contributed by atoms with Crippen molar-refractivity contribution in [2.75, 3.05) is 40.9 Å². The summed E-state index contributed by atoms with van der Waals surface area (Å²) >= 11 is 0. The molecule has 6 heteroatoms. The summed E-state index contributed by atoms with van der Waals surface area (Å²) in [6.45, 7) is 3.43. The Labute approximate surface area is 168 Å². The lowest BCUT2D eigenvalue weighted by Crippen LogP contribution is -2.37. The molecule has 0 aliphatic heterocycles. The molecule has 0 aromatic heterocycles. The van der Waals surface area contributed by atoms with Crippen LogP contribution in [0, 0.1) is 0 Å². The van der Waals surface area contributed by atoms with Crippen molar-refractivity contribution in [2.24, 2.45) is 0 Å². The molecular weight excluding hydrogens is 361 g/mol. The van der Waals surface area contributed by atoms with E-state index in [-0.39, 0.29) is 6.61 Å². The van der Waals surface area contributed by atoms with Crippen LogP contribution in [0.3, 0.4) is 0 Å². The van der Waals surface area contributed by atoms with E-state index < -0.39 is 7.82 Å². The number of hydrogen-bond donors (Lipinski definition) is 1. The van der Waals surface area contributed by atoms with Gasteiger partial charge < -0.3 is 9.38 Å². The van der Waals surface area contributed by atoms with Crippen LogP contribution in [-0.2, 0) is 13.6 Å². The van der Waals surface area contributed by atoms with Crippen molar-refractivity contribution in [3.8, 4) is 0 Å². The second-order valence-corrected chi connectivity index (χ2v) is 9.83. The van der Waals surface area contributed by atoms with Crippen molar-refractivity contribution in [1.29, 1.82) is 0 Å². The van der Waals surface area contributed by atoms with Gasteiger partial charge in [-0.3, -0.25) is 9.05 Å². The van der Waals surface area contributed by atoms with Gasteiger partial charge in [0.05, 0.1) is 27.7 Å². The average Bonchev–Trinajstić information content (AvgIpc) is 2.57. The number of hydrogen-bond acceptors (Lipinski definition) is 3. The van der Waals surface area contributed by atoms with Gasteiger partial charge >= 0.3 is 7.82 Å². The summed E-state index contributed by atoms with van der Waals surface area (Å²) in [6, 6.07) is 0. The maximum absolute atomic E-state index is 11.7. The first-order valence-corrected chi connectivity index (χ1v) is 12.3. The molecule has 0 heterocycles. The molecule has 0 amide bonds. The van der Waals surface area contributed by atoms with Gasteiger partial charge in [0.25, 0.3) is 0 Å². The number of quaternary nitrogens is 1. The minimum absolute atomic E-state index is 0.227. The minimum atomic E-state index is -3.88. The molecule has 0 radical (unpaired) electrons. The van der Waals surface area contributed by atoms with Crippen molar-refractivity contribution in [2.45, 2.75) is 84.0 Å². The van der Waals surface area contributed by atoms with Gasteiger partial charge in [0.1, 0.15) is 13.2 Å². The van der Waals surface area contributed by atoms with Crippen LogP contribution in [0.25, 0.3) is 0 Å². The minimum Gasteiger partial charge on any atom is -0.329 e. The molecule has 0 aliphatic rings. The molecule has 0 saturated carbocycles. The van der Waals surface area contributed by atoms with Crippen LogP contribution < -0.4 is 0 Å². The monoisotopic (exact) mass is 406 g/mol. The number of allylic oxidation sites excluding steroid dienone is 2. The first-order valence-electron chi connectivity index (χ1n) is 10.8. The molecule has 1 N–H and O–H groups in total. The SMILES string of the molecule is CCCCC/C=C\CCCCCCCCCOP(=O)(O)OCC[N+](C)(C)C. The largest absolute Gasteiger partial charge is 0.472 e. The third kappa shape index (κ3) is 22.0. The second-order valence-electron chi connectivity index (χ2n) is 8.38. The van der Waals surface area contributed by atoms with Crippen LogP contribution in [0.4, 0.5) is 0 Å². The highest BCUT2D eigenvalue weighted by Crippen LogP contribution is 2.43. The Morgan fingerprint density at radius 1 is 0.778 bits per heavy atom. The zero-order chi connectivity index (χ0) is 20.4. The van der Waals surface area contributed by atoms with Crippen LogP contribution >= 0.6 is 7.82 Å². The average molecular weight is 407 g/mol. The normalized spacial score (nSPS) is 14.7. The number of rotatable bonds is 19. The molecule has 1 atom stereocenters. The van der Waals surface area contributed by atoms with E-state index in [1.54, 1.807) is 0 Å². The zero-order valence-electron chi connectivity index (χ0n) is 18.3. The summed E-state index contributed by atoms with van der Waals surface area (Å²) in [5, 5.41) is 0. The van der Waals surface area contributed by atoms with Crippen LogP contribution in [0.5, 0.6) is 0 Å². The highest BCUT2D eigenvalue weighted by Gasteiger charge is 2.21. The van der Waals surface area contributed by atoms with Gasteiger partial charge in [-0.25, -0.2) is 4.57 Å². The first kappa shape index (κ1) is 26.8. The van der Waals surface area contributed by atoms with E-state index in [9.17, 15) is 9.46 Å². The van der Waals surface area contributed by atoms with Gasteiger partial charge in [0, 0.05) is 0 Å². The molecule has 0 rings (SSSR count). The lowest BCUT2D eigenvalue weighted by atomic mass is 10.1. The Bertz CT molecular complexity index is 407. The Kier molecular flexibility index (Phi) is 16.6. The summed E-state index contributed by atoms with van der Waals surface area (Å²) in [6.07, 6.45) is 19.2. The Balaban J connectivity index is 3.38. The molecule has 0 fully saturated rings. The van der Waals surface area contributed by atoms with Crippen molar-refractivity contribution in [3.05, 3.63) is 12.2 Å². The van der Waals surface area contributed by atoms with Crippen LogP contribution in [0.15, 0.2) is 12.2 Å². The van der Waals surface area contributed by atoms with Gasteiger partial charge in [-0.15, -0.1) is 0 Å². The van der Waals surface area contributed by atoms with E-state index in [1.165, 1.54) is 57.8 Å². The number of unbranched alkanes of at least 4 members (excludes halogenated alkanes) is 10. The summed E-state index contributed by atoms with van der Waals surface area (Å²) < 4.78 is 22.4. The lowest BCUT2D eigenvalue weighted by Gasteiger charge is -2.24. The van der Waals surface area contributed by atoms with Gasteiger partial charge in [0.2, 0.25) is 0 Å². The van der Waals surface area contributed by atoms with Gasteiger partial charge in [-0.1, -0.05) is 64.0 Å². The number of phosphoric ester groups is 1. The molecule has 0 aromatic carbocycles. The number of nitrogens with zero attached hydrogens (tertiary/aromatic N) is 1. The number of phosphoric acid groups is 1. The molecule has 5 nitrogen and oxygen atoms in total. The summed E-state index contributed by atoms with van der Waals surface area (Å²) in [5.74, 6) is 0. The predicted octanol–water partition coefficient (Wildman–Crippen LogP) is 6.08. The number of likely N-dealkylation sites (N-methyl/N-ethyl adjacent to an activating group) is 1. The highest BCUT2D eigenvalue weighted by atomic mass is 31.2. The predicted molar refractivity (Wildman–Crippen MR) is 115 cm³/mol. The maximum atomic E-state index is 11.7. The van der Waals surface area contributed by atoms with Crippen molar-refractivity contribution >= 4 is 7.82 Å². The lowest BCUT2D eigenvalue weighted by molar-refractivity contribution is -0.870.